The molecule has 0 aliphatic heterocycles. The Kier molecular flexibility index (Phi) is 3.70. The molecule has 0 spiro atoms. The molecule has 100 valence electrons. The highest BCUT2D eigenvalue weighted by atomic mass is 16.5. The van der Waals surface area contributed by atoms with Crippen LogP contribution in [0.3, 0.4) is 0 Å². The third-order valence-corrected chi connectivity index (χ3v) is 2.77. The van der Waals surface area contributed by atoms with E-state index in [1.807, 2.05) is 6.92 Å². The van der Waals surface area contributed by atoms with Gasteiger partial charge in [0, 0.05) is 17.3 Å². The average molecular weight is 261 g/mol. The lowest BCUT2D eigenvalue weighted by molar-refractivity contribution is 0.102. The van der Waals surface area contributed by atoms with E-state index < -0.39 is 0 Å². The predicted octanol–water partition coefficient (Wildman–Crippen LogP) is 1.99. The number of aromatic nitrogens is 2. The van der Waals surface area contributed by atoms with Crippen molar-refractivity contribution in [3.8, 4) is 11.5 Å². The van der Waals surface area contributed by atoms with E-state index in [-0.39, 0.29) is 5.91 Å². The molecule has 0 fully saturated rings. The summed E-state index contributed by atoms with van der Waals surface area (Å²) in [7, 11) is 3.11. The molecule has 0 unspecified atom stereocenters. The van der Waals surface area contributed by atoms with Gasteiger partial charge >= 0.3 is 0 Å². The van der Waals surface area contributed by atoms with Gasteiger partial charge in [-0.15, -0.1) is 0 Å². The lowest BCUT2D eigenvalue weighted by Crippen LogP contribution is -2.12. The van der Waals surface area contributed by atoms with E-state index >= 15 is 0 Å². The van der Waals surface area contributed by atoms with Gasteiger partial charge in [0.2, 0.25) is 0 Å². The number of carbonyl (C=O) groups is 1. The molecule has 0 bridgehead atoms. The minimum atomic E-state index is -0.252. The van der Waals surface area contributed by atoms with Crippen molar-refractivity contribution in [1.29, 1.82) is 0 Å². The van der Waals surface area contributed by atoms with Crippen LogP contribution in [0.2, 0.25) is 0 Å². The Hall–Kier alpha value is -2.50. The Morgan fingerprint density at radius 3 is 2.37 bits per heavy atom. The molecule has 1 amide bonds. The number of rotatable bonds is 4. The van der Waals surface area contributed by atoms with E-state index in [0.717, 1.165) is 5.56 Å². The van der Waals surface area contributed by atoms with E-state index in [0.29, 0.717) is 22.7 Å². The number of amides is 1. The zero-order valence-electron chi connectivity index (χ0n) is 11.0. The third kappa shape index (κ3) is 2.67. The topological polar surface area (TPSA) is 76.2 Å². The number of benzene rings is 1. The smallest absolute Gasteiger partial charge is 0.256 e. The molecule has 1 aromatic heterocycles. The summed E-state index contributed by atoms with van der Waals surface area (Å²) >= 11 is 0. The van der Waals surface area contributed by atoms with Crippen molar-refractivity contribution in [3.63, 3.8) is 0 Å². The number of carbonyl (C=O) groups excluding carboxylic acids is 1. The molecule has 0 saturated heterocycles. The number of nitrogens with one attached hydrogen (secondary N) is 2. The number of H-pyrrole nitrogens is 1. The lowest BCUT2D eigenvalue weighted by atomic mass is 10.1. The highest BCUT2D eigenvalue weighted by molar-refractivity contribution is 6.04. The first-order valence-corrected chi connectivity index (χ1v) is 5.68. The average Bonchev–Trinajstić information content (AvgIpc) is 2.91. The monoisotopic (exact) mass is 261 g/mol. The lowest BCUT2D eigenvalue weighted by Gasteiger charge is -2.12. The van der Waals surface area contributed by atoms with Crippen molar-refractivity contribution in [2.24, 2.45) is 0 Å². The molecule has 6 heteroatoms. The summed E-state index contributed by atoms with van der Waals surface area (Å²) in [6.07, 6.45) is 3.13. The highest BCUT2D eigenvalue weighted by Gasteiger charge is 2.13. The van der Waals surface area contributed by atoms with Crippen molar-refractivity contribution < 1.29 is 14.3 Å². The van der Waals surface area contributed by atoms with Gasteiger partial charge in [0.15, 0.2) is 0 Å². The summed E-state index contributed by atoms with van der Waals surface area (Å²) in [4.78, 5) is 12.1. The zero-order chi connectivity index (χ0) is 13.8. The Morgan fingerprint density at radius 1 is 1.26 bits per heavy atom. The molecule has 2 aromatic rings. The van der Waals surface area contributed by atoms with E-state index in [9.17, 15) is 4.79 Å². The number of methoxy groups -OCH3 is 2. The summed E-state index contributed by atoms with van der Waals surface area (Å²) in [6.45, 7) is 1.87. The molecule has 19 heavy (non-hydrogen) atoms. The van der Waals surface area contributed by atoms with Crippen LogP contribution in [0.1, 0.15) is 15.9 Å². The number of nitrogens with zero attached hydrogens (tertiary/aromatic N) is 1. The van der Waals surface area contributed by atoms with Gasteiger partial charge in [-0.3, -0.25) is 9.89 Å². The molecule has 0 saturated carbocycles. The predicted molar refractivity (Wildman–Crippen MR) is 70.8 cm³/mol. The first-order valence-electron chi connectivity index (χ1n) is 5.68. The Labute approximate surface area is 110 Å². The molecule has 2 rings (SSSR count). The van der Waals surface area contributed by atoms with Gasteiger partial charge in [0.25, 0.3) is 5.91 Å². The molecular weight excluding hydrogens is 246 g/mol. The van der Waals surface area contributed by atoms with Crippen molar-refractivity contribution >= 4 is 11.6 Å². The first kappa shape index (κ1) is 12.9. The summed E-state index contributed by atoms with van der Waals surface area (Å²) in [5.41, 5.74) is 1.91. The van der Waals surface area contributed by atoms with Crippen LogP contribution in [0, 0.1) is 6.92 Å². The van der Waals surface area contributed by atoms with Gasteiger partial charge in [0.05, 0.1) is 26.1 Å². The molecule has 6 nitrogen and oxygen atoms in total. The molecule has 0 atom stereocenters. The largest absolute Gasteiger partial charge is 0.496 e. The van der Waals surface area contributed by atoms with Crippen LogP contribution in [-0.4, -0.2) is 30.3 Å². The fraction of sp³-hybridized carbons (Fsp3) is 0.231. The Bertz CT molecular complexity index is 554. The van der Waals surface area contributed by atoms with Gasteiger partial charge < -0.3 is 14.8 Å². The van der Waals surface area contributed by atoms with Crippen molar-refractivity contribution in [3.05, 3.63) is 35.7 Å². The van der Waals surface area contributed by atoms with Crippen LogP contribution in [0.5, 0.6) is 11.5 Å². The highest BCUT2D eigenvalue weighted by Crippen LogP contribution is 2.29. The SMILES string of the molecule is COc1cc(C(=O)Nc2cn[nH]c2)cc(OC)c1C. The molecule has 1 aromatic carbocycles. The summed E-state index contributed by atoms with van der Waals surface area (Å²) in [5.74, 6) is 0.964. The quantitative estimate of drug-likeness (QED) is 0.882. The normalized spacial score (nSPS) is 10.1. The van der Waals surface area contributed by atoms with Crippen LogP contribution in [0.25, 0.3) is 0 Å². The molecule has 0 aliphatic rings. The number of ether oxygens (including phenoxy) is 2. The van der Waals surface area contributed by atoms with Crippen LogP contribution >= 0.6 is 0 Å². The van der Waals surface area contributed by atoms with Crippen LogP contribution in [0.4, 0.5) is 5.69 Å². The Morgan fingerprint density at radius 2 is 1.89 bits per heavy atom. The molecule has 2 N–H and O–H groups in total. The van der Waals surface area contributed by atoms with Gasteiger partial charge in [-0.05, 0) is 19.1 Å². The number of anilines is 1. The molecule has 1 heterocycles. The van der Waals surface area contributed by atoms with E-state index in [1.165, 1.54) is 6.20 Å². The zero-order valence-corrected chi connectivity index (χ0v) is 11.0. The maximum Gasteiger partial charge on any atom is 0.256 e. The number of aromatic amines is 1. The Balaban J connectivity index is 2.31. The fourth-order valence-electron chi connectivity index (χ4n) is 1.74. The first-order chi connectivity index (χ1) is 9.15. The molecular formula is C13H15N3O3. The second-order valence-corrected chi connectivity index (χ2v) is 3.95. The third-order valence-electron chi connectivity index (χ3n) is 2.77. The summed E-state index contributed by atoms with van der Waals surface area (Å²) < 4.78 is 10.5. The minimum Gasteiger partial charge on any atom is -0.496 e. The van der Waals surface area contributed by atoms with Crippen molar-refractivity contribution in [2.75, 3.05) is 19.5 Å². The van der Waals surface area contributed by atoms with Crippen molar-refractivity contribution in [2.45, 2.75) is 6.92 Å². The van der Waals surface area contributed by atoms with Gasteiger partial charge in [-0.2, -0.15) is 5.10 Å². The number of hydrogen-bond donors (Lipinski definition) is 2. The van der Waals surface area contributed by atoms with Gasteiger partial charge in [-0.1, -0.05) is 0 Å². The van der Waals surface area contributed by atoms with Crippen LogP contribution < -0.4 is 14.8 Å². The van der Waals surface area contributed by atoms with Gasteiger partial charge in [-0.25, -0.2) is 0 Å². The molecule has 0 radical (unpaired) electrons. The maximum absolute atomic E-state index is 12.1. The van der Waals surface area contributed by atoms with E-state index in [2.05, 4.69) is 15.5 Å². The standard InChI is InChI=1S/C13H15N3O3/c1-8-11(18-2)4-9(5-12(8)19-3)13(17)16-10-6-14-15-7-10/h4-7H,1-3H3,(H,14,15)(H,16,17). The minimum absolute atomic E-state index is 0.252. The number of hydrogen-bond acceptors (Lipinski definition) is 4. The van der Waals surface area contributed by atoms with E-state index in [4.69, 9.17) is 9.47 Å². The second-order valence-electron chi connectivity index (χ2n) is 3.95. The van der Waals surface area contributed by atoms with Crippen molar-refractivity contribution in [1.82, 2.24) is 10.2 Å². The second kappa shape index (κ2) is 5.43. The van der Waals surface area contributed by atoms with Gasteiger partial charge in [0.1, 0.15) is 11.5 Å². The maximum atomic E-state index is 12.1. The fourth-order valence-corrected chi connectivity index (χ4v) is 1.74. The van der Waals surface area contributed by atoms with E-state index in [1.54, 1.807) is 32.5 Å². The van der Waals surface area contributed by atoms with Crippen LogP contribution in [-0.2, 0) is 0 Å². The molecule has 0 aliphatic carbocycles. The summed E-state index contributed by atoms with van der Waals surface area (Å²) in [6, 6.07) is 3.35. The summed E-state index contributed by atoms with van der Waals surface area (Å²) in [5, 5.41) is 9.10. The van der Waals surface area contributed by atoms with Crippen LogP contribution in [0.15, 0.2) is 24.5 Å².